The van der Waals surface area contributed by atoms with Gasteiger partial charge in [0.05, 0.1) is 18.1 Å². The van der Waals surface area contributed by atoms with Gasteiger partial charge in [-0.05, 0) is 6.42 Å². The minimum atomic E-state index is 0.773. The van der Waals surface area contributed by atoms with E-state index in [4.69, 9.17) is 0 Å². The van der Waals surface area contributed by atoms with Gasteiger partial charge in [0.2, 0.25) is 0 Å². The zero-order valence-electron chi connectivity index (χ0n) is 10.8. The van der Waals surface area contributed by atoms with E-state index in [0.717, 1.165) is 23.6 Å². The number of aromatic nitrogens is 2. The maximum Gasteiger partial charge on any atom is 0.159 e. The Kier molecular flexibility index (Phi) is 4.70. The van der Waals surface area contributed by atoms with E-state index in [2.05, 4.69) is 22.2 Å². The first-order valence-corrected chi connectivity index (χ1v) is 6.51. The smallest absolute Gasteiger partial charge is 0.159 e. The fourth-order valence-electron chi connectivity index (χ4n) is 1.76. The zero-order chi connectivity index (χ0) is 12.6. The lowest BCUT2D eigenvalue weighted by Gasteiger charge is -2.05. The molecule has 0 bridgehead atoms. The third-order valence-electron chi connectivity index (χ3n) is 2.79. The molecule has 0 fully saturated rings. The van der Waals surface area contributed by atoms with Crippen LogP contribution in [0.15, 0.2) is 42.7 Å². The van der Waals surface area contributed by atoms with Gasteiger partial charge in [-0.1, -0.05) is 50.1 Å². The molecule has 0 aliphatic heterocycles. The molecule has 0 radical (unpaired) electrons. The predicted octanol–water partition coefficient (Wildman–Crippen LogP) is 3.75. The third-order valence-corrected chi connectivity index (χ3v) is 2.79. The first kappa shape index (κ1) is 12.6. The molecule has 0 saturated heterocycles. The van der Waals surface area contributed by atoms with Crippen LogP contribution in [0.2, 0.25) is 0 Å². The number of benzene rings is 1. The average molecular weight is 241 g/mol. The fraction of sp³-hybridized carbons (Fsp3) is 0.333. The van der Waals surface area contributed by atoms with Crippen molar-refractivity contribution in [3.63, 3.8) is 0 Å². The van der Waals surface area contributed by atoms with Gasteiger partial charge in [-0.3, -0.25) is 0 Å². The number of nitrogens with zero attached hydrogens (tertiary/aromatic N) is 2. The highest BCUT2D eigenvalue weighted by atomic mass is 14.9. The summed E-state index contributed by atoms with van der Waals surface area (Å²) in [5, 5.41) is 3.33. The molecule has 0 atom stereocenters. The van der Waals surface area contributed by atoms with Gasteiger partial charge in [0.25, 0.3) is 0 Å². The van der Waals surface area contributed by atoms with Crippen molar-refractivity contribution >= 4 is 5.69 Å². The molecule has 0 amide bonds. The Labute approximate surface area is 108 Å². The van der Waals surface area contributed by atoms with Crippen LogP contribution in [0.1, 0.15) is 26.2 Å². The minimum Gasteiger partial charge on any atom is -0.383 e. The molecule has 0 saturated carbocycles. The molecular weight excluding hydrogens is 222 g/mol. The molecule has 0 unspecified atom stereocenters. The first-order valence-electron chi connectivity index (χ1n) is 6.51. The normalized spacial score (nSPS) is 10.3. The Morgan fingerprint density at radius 2 is 1.72 bits per heavy atom. The molecule has 1 heterocycles. The Balaban J connectivity index is 1.94. The molecule has 0 aliphatic carbocycles. The highest BCUT2D eigenvalue weighted by molar-refractivity contribution is 5.55. The van der Waals surface area contributed by atoms with Crippen molar-refractivity contribution in [1.82, 2.24) is 9.97 Å². The second-order valence-electron chi connectivity index (χ2n) is 4.30. The summed E-state index contributed by atoms with van der Waals surface area (Å²) >= 11 is 0. The van der Waals surface area contributed by atoms with Crippen molar-refractivity contribution in [2.24, 2.45) is 0 Å². The van der Waals surface area contributed by atoms with Crippen molar-refractivity contribution in [3.05, 3.63) is 42.7 Å². The standard InChI is InChI=1S/C15H19N3/c1-2-3-7-10-16-14-11-17-15(18-12-14)13-8-5-4-6-9-13/h4-6,8-9,11-12,16H,2-3,7,10H2,1H3. The molecule has 2 rings (SSSR count). The lowest BCUT2D eigenvalue weighted by molar-refractivity contribution is 0.743. The highest BCUT2D eigenvalue weighted by Crippen LogP contribution is 2.14. The van der Waals surface area contributed by atoms with E-state index in [1.54, 1.807) is 0 Å². The fourth-order valence-corrected chi connectivity index (χ4v) is 1.76. The monoisotopic (exact) mass is 241 g/mol. The number of anilines is 1. The second-order valence-corrected chi connectivity index (χ2v) is 4.30. The molecule has 1 aromatic heterocycles. The van der Waals surface area contributed by atoms with Crippen LogP contribution in [0.25, 0.3) is 11.4 Å². The second kappa shape index (κ2) is 6.74. The van der Waals surface area contributed by atoms with Crippen molar-refractivity contribution < 1.29 is 0 Å². The Morgan fingerprint density at radius 1 is 1.00 bits per heavy atom. The Bertz CT molecular complexity index is 451. The highest BCUT2D eigenvalue weighted by Gasteiger charge is 1.99. The number of hydrogen-bond donors (Lipinski definition) is 1. The van der Waals surface area contributed by atoms with Crippen LogP contribution in [0.4, 0.5) is 5.69 Å². The summed E-state index contributed by atoms with van der Waals surface area (Å²) in [6, 6.07) is 10.0. The van der Waals surface area contributed by atoms with Crippen molar-refractivity contribution in [1.29, 1.82) is 0 Å². The molecular formula is C15H19N3. The van der Waals surface area contributed by atoms with E-state index in [9.17, 15) is 0 Å². The van der Waals surface area contributed by atoms with Crippen molar-refractivity contribution in [2.45, 2.75) is 26.2 Å². The first-order chi connectivity index (χ1) is 8.90. The minimum absolute atomic E-state index is 0.773. The number of nitrogens with one attached hydrogen (secondary N) is 1. The topological polar surface area (TPSA) is 37.8 Å². The summed E-state index contributed by atoms with van der Waals surface area (Å²) in [5.41, 5.74) is 2.04. The van der Waals surface area contributed by atoms with E-state index < -0.39 is 0 Å². The molecule has 3 heteroatoms. The van der Waals surface area contributed by atoms with Crippen LogP contribution in [-0.2, 0) is 0 Å². The summed E-state index contributed by atoms with van der Waals surface area (Å²) in [4.78, 5) is 8.75. The lowest BCUT2D eigenvalue weighted by atomic mass is 10.2. The molecule has 1 aromatic carbocycles. The van der Waals surface area contributed by atoms with Gasteiger partial charge in [0.15, 0.2) is 5.82 Å². The number of unbranched alkanes of at least 4 members (excludes halogenated alkanes) is 2. The SMILES string of the molecule is CCCCCNc1cnc(-c2ccccc2)nc1. The van der Waals surface area contributed by atoms with Gasteiger partial charge in [-0.25, -0.2) is 9.97 Å². The van der Waals surface area contributed by atoms with Gasteiger partial charge in [0.1, 0.15) is 0 Å². The number of hydrogen-bond acceptors (Lipinski definition) is 3. The van der Waals surface area contributed by atoms with E-state index in [1.807, 2.05) is 42.7 Å². The molecule has 0 aliphatic rings. The van der Waals surface area contributed by atoms with E-state index >= 15 is 0 Å². The van der Waals surface area contributed by atoms with Crippen molar-refractivity contribution in [2.75, 3.05) is 11.9 Å². The Morgan fingerprint density at radius 3 is 2.39 bits per heavy atom. The van der Waals surface area contributed by atoms with E-state index in [1.165, 1.54) is 19.3 Å². The van der Waals surface area contributed by atoms with Crippen LogP contribution in [0, 0.1) is 0 Å². The number of rotatable bonds is 6. The van der Waals surface area contributed by atoms with Gasteiger partial charge >= 0.3 is 0 Å². The third kappa shape index (κ3) is 3.55. The van der Waals surface area contributed by atoms with Gasteiger partial charge in [0, 0.05) is 12.1 Å². The zero-order valence-corrected chi connectivity index (χ0v) is 10.8. The lowest BCUT2D eigenvalue weighted by Crippen LogP contribution is -2.02. The van der Waals surface area contributed by atoms with Crippen LogP contribution in [-0.4, -0.2) is 16.5 Å². The summed E-state index contributed by atoms with van der Waals surface area (Å²) in [5.74, 6) is 0.773. The quantitative estimate of drug-likeness (QED) is 0.783. The van der Waals surface area contributed by atoms with Crippen molar-refractivity contribution in [3.8, 4) is 11.4 Å². The summed E-state index contributed by atoms with van der Waals surface area (Å²) < 4.78 is 0. The molecule has 1 N–H and O–H groups in total. The summed E-state index contributed by atoms with van der Waals surface area (Å²) in [6.45, 7) is 3.19. The predicted molar refractivity (Wildman–Crippen MR) is 75.5 cm³/mol. The largest absolute Gasteiger partial charge is 0.383 e. The molecule has 18 heavy (non-hydrogen) atoms. The van der Waals surface area contributed by atoms with Crippen LogP contribution in [0.3, 0.4) is 0 Å². The summed E-state index contributed by atoms with van der Waals surface area (Å²) in [6.07, 6.45) is 7.39. The maximum atomic E-state index is 4.37. The van der Waals surface area contributed by atoms with E-state index in [-0.39, 0.29) is 0 Å². The maximum absolute atomic E-state index is 4.37. The molecule has 2 aromatic rings. The summed E-state index contributed by atoms with van der Waals surface area (Å²) in [7, 11) is 0. The Hall–Kier alpha value is -1.90. The van der Waals surface area contributed by atoms with Crippen LogP contribution in [0.5, 0.6) is 0 Å². The van der Waals surface area contributed by atoms with Gasteiger partial charge < -0.3 is 5.32 Å². The van der Waals surface area contributed by atoms with Gasteiger partial charge in [-0.15, -0.1) is 0 Å². The van der Waals surface area contributed by atoms with E-state index in [0.29, 0.717) is 0 Å². The van der Waals surface area contributed by atoms with Gasteiger partial charge in [-0.2, -0.15) is 0 Å². The van der Waals surface area contributed by atoms with Crippen LogP contribution < -0.4 is 5.32 Å². The average Bonchev–Trinajstić information content (AvgIpc) is 2.45. The molecule has 0 spiro atoms. The molecule has 94 valence electrons. The molecule has 3 nitrogen and oxygen atoms in total. The van der Waals surface area contributed by atoms with Crippen LogP contribution >= 0.6 is 0 Å².